The minimum atomic E-state index is -4.46. The van der Waals surface area contributed by atoms with Gasteiger partial charge in [0.2, 0.25) is 0 Å². The summed E-state index contributed by atoms with van der Waals surface area (Å²) in [7, 11) is 0. The molecule has 1 atom stereocenters. The number of ketones is 1. The lowest BCUT2D eigenvalue weighted by Crippen LogP contribution is -2.19. The standard InChI is InChI=1S/C19H17F3O3/c1-2-25-17(23)12-16(18(24)14-6-4-3-5-7-14)13-8-10-15(11-9-13)19(20,21)22/h3-11,16H,2,12H2,1H3. The first kappa shape index (κ1) is 18.7. The molecule has 0 aliphatic heterocycles. The largest absolute Gasteiger partial charge is 0.466 e. The molecule has 2 rings (SSSR count). The summed E-state index contributed by atoms with van der Waals surface area (Å²) in [6.07, 6.45) is -4.69. The zero-order valence-electron chi connectivity index (χ0n) is 13.5. The number of carbonyl (C=O) groups is 2. The van der Waals surface area contributed by atoms with E-state index in [1.54, 1.807) is 37.3 Å². The zero-order valence-corrected chi connectivity index (χ0v) is 13.5. The van der Waals surface area contributed by atoms with Gasteiger partial charge in [-0.15, -0.1) is 0 Å². The molecule has 0 N–H and O–H groups in total. The lowest BCUT2D eigenvalue weighted by Gasteiger charge is -2.17. The van der Waals surface area contributed by atoms with E-state index in [0.717, 1.165) is 12.1 Å². The van der Waals surface area contributed by atoms with Crippen molar-refractivity contribution >= 4 is 11.8 Å². The molecule has 0 bridgehead atoms. The summed E-state index contributed by atoms with van der Waals surface area (Å²) in [5.41, 5.74) is -0.0788. The van der Waals surface area contributed by atoms with Gasteiger partial charge in [0, 0.05) is 5.56 Å². The molecule has 0 aliphatic carbocycles. The SMILES string of the molecule is CCOC(=O)CC(C(=O)c1ccccc1)c1ccc(C(F)(F)F)cc1. The minimum Gasteiger partial charge on any atom is -0.466 e. The lowest BCUT2D eigenvalue weighted by molar-refractivity contribution is -0.143. The monoisotopic (exact) mass is 350 g/mol. The highest BCUT2D eigenvalue weighted by Gasteiger charge is 2.31. The van der Waals surface area contributed by atoms with Gasteiger partial charge in [0.1, 0.15) is 0 Å². The number of esters is 1. The second-order valence-corrected chi connectivity index (χ2v) is 5.41. The zero-order chi connectivity index (χ0) is 18.4. The van der Waals surface area contributed by atoms with Crippen molar-refractivity contribution in [1.29, 1.82) is 0 Å². The Labute approximate surface area is 143 Å². The van der Waals surface area contributed by atoms with Gasteiger partial charge >= 0.3 is 12.1 Å². The van der Waals surface area contributed by atoms with Crippen LogP contribution in [-0.4, -0.2) is 18.4 Å². The van der Waals surface area contributed by atoms with Gasteiger partial charge in [0.15, 0.2) is 5.78 Å². The summed E-state index contributed by atoms with van der Waals surface area (Å²) in [5.74, 6) is -1.81. The predicted molar refractivity (Wildman–Crippen MR) is 86.2 cm³/mol. The highest BCUT2D eigenvalue weighted by Crippen LogP contribution is 2.32. The van der Waals surface area contributed by atoms with Crippen LogP contribution in [0.15, 0.2) is 54.6 Å². The molecule has 132 valence electrons. The van der Waals surface area contributed by atoms with E-state index >= 15 is 0 Å². The van der Waals surface area contributed by atoms with Gasteiger partial charge in [-0.05, 0) is 24.6 Å². The maximum Gasteiger partial charge on any atom is 0.416 e. The van der Waals surface area contributed by atoms with Gasteiger partial charge in [0.05, 0.1) is 24.5 Å². The number of ether oxygens (including phenoxy) is 1. The van der Waals surface area contributed by atoms with Crippen molar-refractivity contribution < 1.29 is 27.5 Å². The van der Waals surface area contributed by atoms with E-state index in [9.17, 15) is 22.8 Å². The second-order valence-electron chi connectivity index (χ2n) is 5.41. The summed E-state index contributed by atoms with van der Waals surface area (Å²) >= 11 is 0. The number of benzene rings is 2. The summed E-state index contributed by atoms with van der Waals surface area (Å²) in [5, 5.41) is 0. The number of alkyl halides is 3. The molecule has 2 aromatic rings. The van der Waals surface area contributed by atoms with Crippen LogP contribution < -0.4 is 0 Å². The van der Waals surface area contributed by atoms with Gasteiger partial charge in [-0.3, -0.25) is 9.59 Å². The molecule has 0 amide bonds. The number of carbonyl (C=O) groups excluding carboxylic acids is 2. The predicted octanol–water partition coefficient (Wildman–Crippen LogP) is 4.63. The number of Topliss-reactive ketones (excluding diaryl/α,β-unsaturated/α-hetero) is 1. The first-order chi connectivity index (χ1) is 11.8. The fraction of sp³-hybridized carbons (Fsp3) is 0.263. The van der Waals surface area contributed by atoms with Gasteiger partial charge in [-0.25, -0.2) is 0 Å². The van der Waals surface area contributed by atoms with Crippen LogP contribution in [0, 0.1) is 0 Å². The van der Waals surface area contributed by atoms with Crippen molar-refractivity contribution in [2.45, 2.75) is 25.4 Å². The van der Waals surface area contributed by atoms with E-state index in [-0.39, 0.29) is 18.8 Å². The highest BCUT2D eigenvalue weighted by molar-refractivity contribution is 6.02. The smallest absolute Gasteiger partial charge is 0.416 e. The van der Waals surface area contributed by atoms with E-state index in [2.05, 4.69) is 0 Å². The molecule has 0 fully saturated rings. The Balaban J connectivity index is 2.34. The third-order valence-electron chi connectivity index (χ3n) is 3.69. The molecule has 0 aliphatic rings. The van der Waals surface area contributed by atoms with Crippen molar-refractivity contribution in [2.24, 2.45) is 0 Å². The second kappa shape index (κ2) is 7.96. The Morgan fingerprint density at radius 2 is 1.60 bits per heavy atom. The minimum absolute atomic E-state index is 0.165. The van der Waals surface area contributed by atoms with Crippen molar-refractivity contribution in [3.05, 3.63) is 71.3 Å². The lowest BCUT2D eigenvalue weighted by atomic mass is 9.87. The van der Waals surface area contributed by atoms with Gasteiger partial charge in [-0.1, -0.05) is 42.5 Å². The van der Waals surface area contributed by atoms with Crippen LogP contribution in [0.25, 0.3) is 0 Å². The summed E-state index contributed by atoms with van der Waals surface area (Å²) in [6, 6.07) is 12.6. The first-order valence-corrected chi connectivity index (χ1v) is 7.75. The van der Waals surface area contributed by atoms with Crippen molar-refractivity contribution in [3.8, 4) is 0 Å². The maximum absolute atomic E-state index is 12.7. The molecule has 0 saturated carbocycles. The number of rotatable bonds is 6. The molecular formula is C19H17F3O3. The Bertz CT molecular complexity index is 722. The van der Waals surface area contributed by atoms with Gasteiger partial charge in [0.25, 0.3) is 0 Å². The Morgan fingerprint density at radius 1 is 1.00 bits per heavy atom. The maximum atomic E-state index is 12.7. The summed E-state index contributed by atoms with van der Waals surface area (Å²) in [4.78, 5) is 24.6. The van der Waals surface area contributed by atoms with E-state index in [1.807, 2.05) is 0 Å². The third-order valence-corrected chi connectivity index (χ3v) is 3.69. The van der Waals surface area contributed by atoms with Gasteiger partial charge < -0.3 is 4.74 Å². The van der Waals surface area contributed by atoms with Crippen LogP contribution in [0.1, 0.15) is 40.7 Å². The van der Waals surface area contributed by atoms with Crippen LogP contribution in [0.2, 0.25) is 0 Å². The molecule has 6 heteroatoms. The molecule has 25 heavy (non-hydrogen) atoms. The van der Waals surface area contributed by atoms with Crippen LogP contribution in [0.5, 0.6) is 0 Å². The molecule has 0 heterocycles. The fourth-order valence-corrected chi connectivity index (χ4v) is 2.46. The van der Waals surface area contributed by atoms with Crippen LogP contribution in [0.4, 0.5) is 13.2 Å². The summed E-state index contributed by atoms with van der Waals surface area (Å²) < 4.78 is 43.0. The number of halogens is 3. The number of hydrogen-bond acceptors (Lipinski definition) is 3. The molecule has 2 aromatic carbocycles. The van der Waals surface area contributed by atoms with Crippen LogP contribution in [0.3, 0.4) is 0 Å². The fourth-order valence-electron chi connectivity index (χ4n) is 2.46. The van der Waals surface area contributed by atoms with E-state index in [0.29, 0.717) is 11.1 Å². The average Bonchev–Trinajstić information content (AvgIpc) is 2.59. The normalized spacial score (nSPS) is 12.5. The molecule has 0 saturated heterocycles. The van der Waals surface area contributed by atoms with Crippen LogP contribution in [-0.2, 0) is 15.7 Å². The van der Waals surface area contributed by atoms with Crippen LogP contribution >= 0.6 is 0 Å². The van der Waals surface area contributed by atoms with Crippen molar-refractivity contribution in [1.82, 2.24) is 0 Å². The van der Waals surface area contributed by atoms with E-state index in [4.69, 9.17) is 4.74 Å². The van der Waals surface area contributed by atoms with E-state index in [1.165, 1.54) is 12.1 Å². The molecule has 0 spiro atoms. The van der Waals surface area contributed by atoms with Crippen molar-refractivity contribution in [2.75, 3.05) is 6.61 Å². The van der Waals surface area contributed by atoms with Crippen molar-refractivity contribution in [3.63, 3.8) is 0 Å². The van der Waals surface area contributed by atoms with E-state index < -0.39 is 23.6 Å². The Morgan fingerprint density at radius 3 is 2.12 bits per heavy atom. The average molecular weight is 350 g/mol. The molecule has 3 nitrogen and oxygen atoms in total. The molecular weight excluding hydrogens is 333 g/mol. The molecule has 0 aromatic heterocycles. The third kappa shape index (κ3) is 4.92. The molecule has 0 radical (unpaired) electrons. The van der Waals surface area contributed by atoms with Gasteiger partial charge in [-0.2, -0.15) is 13.2 Å². The Hall–Kier alpha value is -2.63. The topological polar surface area (TPSA) is 43.4 Å². The first-order valence-electron chi connectivity index (χ1n) is 7.75. The quantitative estimate of drug-likeness (QED) is 0.564. The number of hydrogen-bond donors (Lipinski definition) is 0. The Kier molecular flexibility index (Phi) is 5.96. The molecule has 1 unspecified atom stereocenters. The highest BCUT2D eigenvalue weighted by atomic mass is 19.4. The summed E-state index contributed by atoms with van der Waals surface area (Å²) in [6.45, 7) is 1.81.